The molecule has 1 saturated heterocycles. The lowest BCUT2D eigenvalue weighted by molar-refractivity contribution is 0.308. The van der Waals surface area contributed by atoms with Crippen LogP contribution in [0.25, 0.3) is 0 Å². The van der Waals surface area contributed by atoms with Crippen LogP contribution in [-0.4, -0.2) is 31.6 Å². The highest BCUT2D eigenvalue weighted by Crippen LogP contribution is 2.16. The molecule has 0 N–H and O–H groups in total. The van der Waals surface area contributed by atoms with Gasteiger partial charge in [-0.2, -0.15) is 0 Å². The SMILES string of the molecule is CN(C/C(Cl)=C/N1CCCCC1)c1ccccc1. The largest absolute Gasteiger partial charge is 0.376 e. The van der Waals surface area contributed by atoms with E-state index in [9.17, 15) is 0 Å². The fourth-order valence-electron chi connectivity index (χ4n) is 2.29. The molecular formula is C15H21ClN2. The summed E-state index contributed by atoms with van der Waals surface area (Å²) in [6.07, 6.45) is 6.04. The number of para-hydroxylation sites is 1. The summed E-state index contributed by atoms with van der Waals surface area (Å²) in [6, 6.07) is 10.3. The number of benzene rings is 1. The standard InChI is InChI=1S/C15H21ClN2/c1-17(15-8-4-2-5-9-15)12-14(16)13-18-10-6-3-7-11-18/h2,4-5,8-9,13H,3,6-7,10-12H2,1H3/b14-13-. The molecule has 0 spiro atoms. The van der Waals surface area contributed by atoms with Crippen molar-refractivity contribution in [1.82, 2.24) is 4.90 Å². The topological polar surface area (TPSA) is 6.48 Å². The fourth-order valence-corrected chi connectivity index (χ4v) is 2.60. The van der Waals surface area contributed by atoms with Crippen molar-refractivity contribution in [2.75, 3.05) is 31.6 Å². The minimum atomic E-state index is 0.766. The van der Waals surface area contributed by atoms with Crippen molar-refractivity contribution in [3.63, 3.8) is 0 Å². The summed E-state index contributed by atoms with van der Waals surface area (Å²) < 4.78 is 0. The number of hydrogen-bond donors (Lipinski definition) is 0. The number of hydrogen-bond acceptors (Lipinski definition) is 2. The molecule has 1 heterocycles. The number of likely N-dealkylation sites (tertiary alicyclic amines) is 1. The summed E-state index contributed by atoms with van der Waals surface area (Å²) in [7, 11) is 2.07. The van der Waals surface area contributed by atoms with Gasteiger partial charge in [-0.25, -0.2) is 0 Å². The maximum absolute atomic E-state index is 6.34. The fraction of sp³-hybridized carbons (Fsp3) is 0.467. The van der Waals surface area contributed by atoms with Gasteiger partial charge in [-0.1, -0.05) is 29.8 Å². The van der Waals surface area contributed by atoms with Gasteiger partial charge in [-0.05, 0) is 31.4 Å². The predicted octanol–water partition coefficient (Wildman–Crippen LogP) is 3.69. The van der Waals surface area contributed by atoms with Gasteiger partial charge >= 0.3 is 0 Å². The van der Waals surface area contributed by atoms with E-state index >= 15 is 0 Å². The predicted molar refractivity (Wildman–Crippen MR) is 79.1 cm³/mol. The molecule has 0 bridgehead atoms. The summed E-state index contributed by atoms with van der Waals surface area (Å²) in [4.78, 5) is 4.51. The average molecular weight is 265 g/mol. The molecule has 1 aromatic carbocycles. The van der Waals surface area contributed by atoms with Crippen molar-refractivity contribution >= 4 is 17.3 Å². The zero-order valence-corrected chi connectivity index (χ0v) is 11.7. The van der Waals surface area contributed by atoms with Gasteiger partial charge < -0.3 is 9.80 Å². The smallest absolute Gasteiger partial charge is 0.0547 e. The molecule has 1 fully saturated rings. The van der Waals surface area contributed by atoms with Crippen molar-refractivity contribution in [3.05, 3.63) is 41.6 Å². The molecule has 1 aromatic rings. The van der Waals surface area contributed by atoms with Crippen molar-refractivity contribution in [1.29, 1.82) is 0 Å². The summed E-state index contributed by atoms with van der Waals surface area (Å²) in [6.45, 7) is 3.05. The Kier molecular flexibility index (Phi) is 4.94. The van der Waals surface area contributed by atoms with Crippen LogP contribution in [0.4, 0.5) is 5.69 Å². The lowest BCUT2D eigenvalue weighted by atomic mass is 10.1. The van der Waals surface area contributed by atoms with Gasteiger partial charge in [0.1, 0.15) is 0 Å². The van der Waals surface area contributed by atoms with Gasteiger partial charge in [0.2, 0.25) is 0 Å². The lowest BCUT2D eigenvalue weighted by Crippen LogP contribution is -2.26. The molecule has 0 saturated carbocycles. The van der Waals surface area contributed by atoms with Crippen LogP contribution < -0.4 is 4.90 Å². The first kappa shape index (κ1) is 13.3. The maximum atomic E-state index is 6.34. The van der Waals surface area contributed by atoms with Crippen LogP contribution in [0.5, 0.6) is 0 Å². The second-order valence-corrected chi connectivity index (χ2v) is 5.35. The van der Waals surface area contributed by atoms with Crippen LogP contribution in [0.1, 0.15) is 19.3 Å². The number of piperidine rings is 1. The van der Waals surface area contributed by atoms with E-state index in [4.69, 9.17) is 11.6 Å². The number of nitrogens with zero attached hydrogens (tertiary/aromatic N) is 2. The van der Waals surface area contributed by atoms with E-state index in [0.717, 1.165) is 24.7 Å². The Morgan fingerprint density at radius 3 is 2.56 bits per heavy atom. The second-order valence-electron chi connectivity index (χ2n) is 4.86. The first-order chi connectivity index (χ1) is 8.75. The number of halogens is 1. The van der Waals surface area contributed by atoms with Crippen molar-refractivity contribution in [2.24, 2.45) is 0 Å². The molecule has 0 atom stereocenters. The summed E-state index contributed by atoms with van der Waals surface area (Å²) in [5.74, 6) is 0. The van der Waals surface area contributed by atoms with Crippen LogP contribution in [-0.2, 0) is 0 Å². The molecule has 1 aliphatic rings. The van der Waals surface area contributed by atoms with Crippen molar-refractivity contribution < 1.29 is 0 Å². The number of likely N-dealkylation sites (N-methyl/N-ethyl adjacent to an activating group) is 1. The van der Waals surface area contributed by atoms with Gasteiger partial charge in [0.15, 0.2) is 0 Å². The van der Waals surface area contributed by atoms with Crippen molar-refractivity contribution in [2.45, 2.75) is 19.3 Å². The van der Waals surface area contributed by atoms with E-state index in [1.807, 2.05) is 18.2 Å². The Morgan fingerprint density at radius 2 is 1.89 bits per heavy atom. The molecule has 0 aliphatic carbocycles. The molecule has 1 aliphatic heterocycles. The molecule has 98 valence electrons. The monoisotopic (exact) mass is 264 g/mol. The van der Waals surface area contributed by atoms with E-state index in [-0.39, 0.29) is 0 Å². The number of anilines is 1. The van der Waals surface area contributed by atoms with E-state index in [0.29, 0.717) is 0 Å². The van der Waals surface area contributed by atoms with Crippen LogP contribution in [0, 0.1) is 0 Å². The average Bonchev–Trinajstić information content (AvgIpc) is 2.40. The van der Waals surface area contributed by atoms with E-state index in [2.05, 4.69) is 35.2 Å². The second kappa shape index (κ2) is 6.69. The van der Waals surface area contributed by atoms with Crippen LogP contribution in [0.3, 0.4) is 0 Å². The quantitative estimate of drug-likeness (QED) is 0.818. The van der Waals surface area contributed by atoms with Gasteiger partial charge in [-0.3, -0.25) is 0 Å². The third-order valence-electron chi connectivity index (χ3n) is 3.30. The molecule has 0 aromatic heterocycles. The summed E-state index contributed by atoms with van der Waals surface area (Å²) >= 11 is 6.34. The summed E-state index contributed by atoms with van der Waals surface area (Å²) in [5, 5.41) is 0.906. The molecule has 0 amide bonds. The molecule has 18 heavy (non-hydrogen) atoms. The number of rotatable bonds is 4. The molecule has 3 heteroatoms. The van der Waals surface area contributed by atoms with Crippen LogP contribution in [0.2, 0.25) is 0 Å². The third kappa shape index (κ3) is 3.95. The highest BCUT2D eigenvalue weighted by atomic mass is 35.5. The maximum Gasteiger partial charge on any atom is 0.0547 e. The Labute approximate surface area is 115 Å². The highest BCUT2D eigenvalue weighted by Gasteiger charge is 2.08. The molecule has 0 radical (unpaired) electrons. The first-order valence-corrected chi connectivity index (χ1v) is 7.00. The normalized spacial score (nSPS) is 16.8. The zero-order valence-electron chi connectivity index (χ0n) is 11.0. The zero-order chi connectivity index (χ0) is 12.8. The van der Waals surface area contributed by atoms with Crippen molar-refractivity contribution in [3.8, 4) is 0 Å². The molecular weight excluding hydrogens is 244 g/mol. The van der Waals surface area contributed by atoms with Gasteiger partial charge in [0, 0.05) is 32.0 Å². The Morgan fingerprint density at radius 1 is 1.22 bits per heavy atom. The lowest BCUT2D eigenvalue weighted by Gasteiger charge is -2.26. The van der Waals surface area contributed by atoms with Gasteiger partial charge in [0.25, 0.3) is 0 Å². The van der Waals surface area contributed by atoms with Gasteiger partial charge in [-0.15, -0.1) is 0 Å². The van der Waals surface area contributed by atoms with Crippen LogP contribution in [0.15, 0.2) is 41.6 Å². The van der Waals surface area contributed by atoms with E-state index < -0.39 is 0 Å². The van der Waals surface area contributed by atoms with E-state index in [1.165, 1.54) is 24.9 Å². The molecule has 2 nitrogen and oxygen atoms in total. The van der Waals surface area contributed by atoms with E-state index in [1.54, 1.807) is 0 Å². The van der Waals surface area contributed by atoms with Crippen LogP contribution >= 0.6 is 11.6 Å². The minimum Gasteiger partial charge on any atom is -0.376 e. The highest BCUT2D eigenvalue weighted by molar-refractivity contribution is 6.30. The third-order valence-corrected chi connectivity index (χ3v) is 3.52. The Bertz CT molecular complexity index is 383. The Balaban J connectivity index is 1.90. The molecule has 2 rings (SSSR count). The Hall–Kier alpha value is -1.15. The minimum absolute atomic E-state index is 0.766. The summed E-state index contributed by atoms with van der Waals surface area (Å²) in [5.41, 5.74) is 1.20. The first-order valence-electron chi connectivity index (χ1n) is 6.62. The van der Waals surface area contributed by atoms with Gasteiger partial charge in [0.05, 0.1) is 11.6 Å². The molecule has 0 unspecified atom stereocenters.